The number of esters is 1. The van der Waals surface area contributed by atoms with E-state index < -0.39 is 16.9 Å². The largest absolute Gasteiger partial charge is 0.465 e. The van der Waals surface area contributed by atoms with Gasteiger partial charge in [0, 0.05) is 7.05 Å². The molecule has 1 N–H and O–H groups in total. The van der Waals surface area contributed by atoms with Crippen LogP contribution in [0.25, 0.3) is 0 Å². The molecule has 0 aliphatic carbocycles. The molecule has 80 valence electrons. The van der Waals surface area contributed by atoms with Crippen molar-refractivity contribution in [2.75, 3.05) is 13.7 Å². The molecule has 0 aromatic heterocycles. The van der Waals surface area contributed by atoms with Gasteiger partial charge in [-0.2, -0.15) is 0 Å². The molecule has 1 saturated heterocycles. The molecule has 0 radical (unpaired) electrons. The molecule has 0 amide bonds. The highest BCUT2D eigenvalue weighted by atomic mass is 32.2. The lowest BCUT2D eigenvalue weighted by molar-refractivity contribution is -0.150. The van der Waals surface area contributed by atoms with E-state index in [0.29, 0.717) is 10.9 Å². The zero-order valence-corrected chi connectivity index (χ0v) is 9.94. The van der Waals surface area contributed by atoms with Crippen molar-refractivity contribution in [3.8, 4) is 0 Å². The van der Waals surface area contributed by atoms with Crippen LogP contribution in [-0.2, 0) is 9.53 Å². The summed E-state index contributed by atoms with van der Waals surface area (Å²) >= 11 is 6.15. The molecule has 6 heteroatoms. The summed E-state index contributed by atoms with van der Waals surface area (Å²) in [5, 5.41) is 9.35. The minimum atomic E-state index is -1.26. The Bertz CT molecular complexity index is 267. The van der Waals surface area contributed by atoms with Crippen molar-refractivity contribution in [2.45, 2.75) is 24.8 Å². The van der Waals surface area contributed by atoms with Crippen LogP contribution in [0.1, 0.15) is 13.8 Å². The third-order valence-electron chi connectivity index (χ3n) is 2.17. The zero-order valence-electron chi connectivity index (χ0n) is 8.31. The van der Waals surface area contributed by atoms with Crippen LogP contribution in [0.2, 0.25) is 0 Å². The van der Waals surface area contributed by atoms with Crippen LogP contribution in [0.5, 0.6) is 0 Å². The smallest absolute Gasteiger partial charge is 0.324 e. The van der Waals surface area contributed by atoms with Crippen LogP contribution in [0.4, 0.5) is 0 Å². The van der Waals surface area contributed by atoms with Gasteiger partial charge in [0.15, 0.2) is 11.0 Å². The number of carbonyl (C=O) groups is 1. The lowest BCUT2D eigenvalue weighted by Crippen LogP contribution is -2.49. The Labute approximate surface area is 92.6 Å². The molecule has 0 aromatic rings. The van der Waals surface area contributed by atoms with Gasteiger partial charge < -0.3 is 14.7 Å². The normalized spacial score (nSPS) is 32.1. The maximum Gasteiger partial charge on any atom is 0.324 e. The van der Waals surface area contributed by atoms with E-state index in [1.54, 1.807) is 20.9 Å². The van der Waals surface area contributed by atoms with Crippen LogP contribution in [0.15, 0.2) is 0 Å². The minimum absolute atomic E-state index is 0.308. The molecule has 14 heavy (non-hydrogen) atoms. The van der Waals surface area contributed by atoms with E-state index in [9.17, 15) is 9.90 Å². The van der Waals surface area contributed by atoms with Crippen molar-refractivity contribution in [2.24, 2.45) is 0 Å². The first kappa shape index (κ1) is 11.7. The van der Waals surface area contributed by atoms with Gasteiger partial charge in [-0.25, -0.2) is 0 Å². The first-order chi connectivity index (χ1) is 6.41. The molecule has 0 bridgehead atoms. The molecular formula is C8H13NO3S2. The summed E-state index contributed by atoms with van der Waals surface area (Å²) in [6, 6.07) is 0. The van der Waals surface area contributed by atoms with Gasteiger partial charge in [-0.15, -0.1) is 0 Å². The summed E-state index contributed by atoms with van der Waals surface area (Å²) in [5.41, 5.74) is -1.26. The van der Waals surface area contributed by atoms with Crippen LogP contribution < -0.4 is 0 Å². The van der Waals surface area contributed by atoms with Crippen molar-refractivity contribution in [3.63, 3.8) is 0 Å². The summed E-state index contributed by atoms with van der Waals surface area (Å²) in [7, 11) is 1.66. The summed E-state index contributed by atoms with van der Waals surface area (Å²) in [5.74, 6) is -0.422. The molecule has 0 saturated carbocycles. The number of rotatable bonds is 2. The Morgan fingerprint density at radius 1 is 1.86 bits per heavy atom. The van der Waals surface area contributed by atoms with Gasteiger partial charge in [0.25, 0.3) is 0 Å². The van der Waals surface area contributed by atoms with E-state index in [1.165, 1.54) is 4.90 Å². The predicted octanol–water partition coefficient (Wildman–Crippen LogP) is 0.590. The number of aliphatic hydroxyl groups is 1. The van der Waals surface area contributed by atoms with Crippen LogP contribution in [-0.4, -0.2) is 44.9 Å². The van der Waals surface area contributed by atoms with Crippen molar-refractivity contribution >= 4 is 34.3 Å². The van der Waals surface area contributed by atoms with E-state index in [1.807, 2.05) is 0 Å². The highest BCUT2D eigenvalue weighted by Crippen LogP contribution is 2.37. The third-order valence-corrected chi connectivity index (χ3v) is 4.08. The Morgan fingerprint density at radius 2 is 2.43 bits per heavy atom. The van der Waals surface area contributed by atoms with Crippen molar-refractivity contribution < 1.29 is 14.6 Å². The van der Waals surface area contributed by atoms with Gasteiger partial charge in [-0.1, -0.05) is 24.0 Å². The molecule has 1 heterocycles. The average Bonchev–Trinajstić information content (AvgIpc) is 2.30. The first-order valence-electron chi connectivity index (χ1n) is 4.24. The van der Waals surface area contributed by atoms with Crippen LogP contribution in [0, 0.1) is 0 Å². The Balaban J connectivity index is 2.81. The molecule has 1 rings (SSSR count). The molecule has 2 atom stereocenters. The fourth-order valence-electron chi connectivity index (χ4n) is 1.14. The standard InChI is InChI=1S/C8H13NO3S2/c1-4-12-6(10)5-8(2,11)9(3)7(13)14-5/h5,11H,4H2,1-3H3. The number of thioether (sulfide) groups is 1. The second kappa shape index (κ2) is 4.04. The van der Waals surface area contributed by atoms with Crippen molar-refractivity contribution in [1.29, 1.82) is 0 Å². The van der Waals surface area contributed by atoms with Crippen molar-refractivity contribution in [1.82, 2.24) is 4.90 Å². The number of hydrogen-bond acceptors (Lipinski definition) is 5. The van der Waals surface area contributed by atoms with E-state index in [0.717, 1.165) is 11.8 Å². The second-order valence-corrected chi connectivity index (χ2v) is 4.91. The van der Waals surface area contributed by atoms with E-state index >= 15 is 0 Å². The van der Waals surface area contributed by atoms with Crippen molar-refractivity contribution in [3.05, 3.63) is 0 Å². The quantitative estimate of drug-likeness (QED) is 0.558. The lowest BCUT2D eigenvalue weighted by Gasteiger charge is -2.29. The van der Waals surface area contributed by atoms with Gasteiger partial charge in [0.1, 0.15) is 4.32 Å². The molecule has 1 aliphatic heterocycles. The van der Waals surface area contributed by atoms with E-state index in [2.05, 4.69) is 0 Å². The fraction of sp³-hybridized carbons (Fsp3) is 0.750. The minimum Gasteiger partial charge on any atom is -0.465 e. The number of ether oxygens (including phenoxy) is 1. The van der Waals surface area contributed by atoms with Gasteiger partial charge in [0.05, 0.1) is 6.61 Å². The summed E-state index contributed by atoms with van der Waals surface area (Å²) < 4.78 is 5.36. The first-order valence-corrected chi connectivity index (χ1v) is 5.53. The van der Waals surface area contributed by atoms with Gasteiger partial charge >= 0.3 is 5.97 Å². The predicted molar refractivity (Wildman–Crippen MR) is 59.0 cm³/mol. The molecule has 1 aliphatic rings. The van der Waals surface area contributed by atoms with Crippen LogP contribution in [0.3, 0.4) is 0 Å². The Morgan fingerprint density at radius 3 is 2.79 bits per heavy atom. The van der Waals surface area contributed by atoms with Crippen LogP contribution >= 0.6 is 24.0 Å². The number of thiocarbonyl (C=S) groups is 1. The topological polar surface area (TPSA) is 49.8 Å². The summed E-state index contributed by atoms with van der Waals surface area (Å²) in [6.07, 6.45) is 0. The molecule has 2 unspecified atom stereocenters. The van der Waals surface area contributed by atoms with Gasteiger partial charge in [-0.3, -0.25) is 4.79 Å². The molecule has 0 aromatic carbocycles. The SMILES string of the molecule is CCOC(=O)C1SC(=S)N(C)C1(C)O. The lowest BCUT2D eigenvalue weighted by atomic mass is 10.1. The molecule has 4 nitrogen and oxygen atoms in total. The highest BCUT2D eigenvalue weighted by Gasteiger charge is 2.50. The summed E-state index contributed by atoms with van der Waals surface area (Å²) in [4.78, 5) is 13.0. The summed E-state index contributed by atoms with van der Waals surface area (Å²) in [6.45, 7) is 3.59. The average molecular weight is 235 g/mol. The molecular weight excluding hydrogens is 222 g/mol. The van der Waals surface area contributed by atoms with Gasteiger partial charge in [-0.05, 0) is 13.8 Å². The van der Waals surface area contributed by atoms with Gasteiger partial charge in [0.2, 0.25) is 0 Å². The molecule has 1 fully saturated rings. The van der Waals surface area contributed by atoms with E-state index in [-0.39, 0.29) is 0 Å². The molecule has 0 spiro atoms. The zero-order chi connectivity index (χ0) is 10.9. The Kier molecular flexibility index (Phi) is 3.39. The number of nitrogens with zero attached hydrogens (tertiary/aromatic N) is 1. The number of hydrogen-bond donors (Lipinski definition) is 1. The third kappa shape index (κ3) is 1.87. The fourth-order valence-corrected chi connectivity index (χ4v) is 2.71. The van der Waals surface area contributed by atoms with E-state index in [4.69, 9.17) is 17.0 Å². The highest BCUT2D eigenvalue weighted by molar-refractivity contribution is 8.24. The second-order valence-electron chi connectivity index (χ2n) is 3.17. The Hall–Kier alpha value is -0.330. The maximum atomic E-state index is 11.5. The monoisotopic (exact) mass is 235 g/mol. The maximum absolute atomic E-state index is 11.5. The number of carbonyl (C=O) groups excluding carboxylic acids is 1.